The quantitative estimate of drug-likeness (QED) is 0.903. The Hall–Kier alpha value is -1.37. The maximum Gasteiger partial charge on any atom is 0.326 e. The summed E-state index contributed by atoms with van der Waals surface area (Å²) in [6, 6.07) is 3.48. The summed E-state index contributed by atoms with van der Waals surface area (Å²) in [6.07, 6.45) is 3.86. The fourth-order valence-electron chi connectivity index (χ4n) is 4.09. The molecule has 0 unspecified atom stereocenters. The number of rotatable bonds is 2. The minimum absolute atomic E-state index is 0.0259. The van der Waals surface area contributed by atoms with E-state index in [-0.39, 0.29) is 11.7 Å². The van der Waals surface area contributed by atoms with Gasteiger partial charge in [-0.25, -0.2) is 9.18 Å². The summed E-state index contributed by atoms with van der Waals surface area (Å²) in [6.45, 7) is 3.53. The van der Waals surface area contributed by atoms with Crippen molar-refractivity contribution in [1.29, 1.82) is 0 Å². The molecule has 1 N–H and O–H groups in total. The van der Waals surface area contributed by atoms with Gasteiger partial charge in [-0.1, -0.05) is 11.6 Å². The normalized spacial score (nSPS) is 21.6. The Balaban J connectivity index is 1.56. The van der Waals surface area contributed by atoms with Crippen LogP contribution in [0.2, 0.25) is 5.02 Å². The van der Waals surface area contributed by atoms with Crippen molar-refractivity contribution < 1.29 is 9.13 Å². The Bertz CT molecular complexity index is 789. The van der Waals surface area contributed by atoms with Crippen LogP contribution in [0.5, 0.6) is 0 Å². The zero-order valence-electron chi connectivity index (χ0n) is 13.4. The third-order valence-electron chi connectivity index (χ3n) is 5.30. The lowest BCUT2D eigenvalue weighted by molar-refractivity contribution is 0.0220. The average Bonchev–Trinajstić information content (AvgIpc) is 2.92. The number of likely N-dealkylation sites (tertiary alicyclic amines) is 1. The van der Waals surface area contributed by atoms with E-state index in [0.717, 1.165) is 52.0 Å². The second kappa shape index (κ2) is 6.50. The lowest BCUT2D eigenvalue weighted by Gasteiger charge is -2.39. The van der Waals surface area contributed by atoms with Gasteiger partial charge in [0.05, 0.1) is 5.52 Å². The number of ether oxygens (including phenoxy) is 1. The molecule has 4 rings (SSSR count). The topological polar surface area (TPSA) is 50.3 Å². The van der Waals surface area contributed by atoms with Gasteiger partial charge in [-0.15, -0.1) is 0 Å². The third-order valence-corrected chi connectivity index (χ3v) is 5.52. The van der Waals surface area contributed by atoms with E-state index in [1.165, 1.54) is 6.07 Å². The molecule has 0 saturated carbocycles. The average molecular weight is 354 g/mol. The van der Waals surface area contributed by atoms with Gasteiger partial charge in [-0.05, 0) is 37.8 Å². The maximum atomic E-state index is 14.4. The van der Waals surface area contributed by atoms with Gasteiger partial charge in [0.1, 0.15) is 5.52 Å². The summed E-state index contributed by atoms with van der Waals surface area (Å²) in [5.74, 6) is -0.442. The molecule has 5 nitrogen and oxygen atoms in total. The number of imidazole rings is 1. The predicted molar refractivity (Wildman–Crippen MR) is 91.2 cm³/mol. The van der Waals surface area contributed by atoms with E-state index < -0.39 is 5.82 Å². The number of piperidine rings is 1. The molecule has 2 fully saturated rings. The maximum absolute atomic E-state index is 14.4. The molecular weight excluding hydrogens is 333 g/mol. The number of hydrogen-bond donors (Lipinski definition) is 1. The Labute approximate surface area is 144 Å². The number of H-pyrrole nitrogens is 1. The van der Waals surface area contributed by atoms with Gasteiger partial charge in [0, 0.05) is 43.4 Å². The lowest BCUT2D eigenvalue weighted by atomic mass is 9.99. The highest BCUT2D eigenvalue weighted by Gasteiger charge is 2.29. The van der Waals surface area contributed by atoms with Crippen LogP contribution in [0.15, 0.2) is 16.9 Å². The van der Waals surface area contributed by atoms with Gasteiger partial charge in [-0.3, -0.25) is 4.57 Å². The number of benzene rings is 1. The molecule has 24 heavy (non-hydrogen) atoms. The molecule has 2 aliphatic rings. The summed E-state index contributed by atoms with van der Waals surface area (Å²) < 4.78 is 21.4. The van der Waals surface area contributed by atoms with Crippen LogP contribution in [0, 0.1) is 5.82 Å². The minimum atomic E-state index is -0.442. The number of fused-ring (bicyclic) bond motifs is 1. The molecule has 0 atom stereocenters. The molecule has 3 heterocycles. The highest BCUT2D eigenvalue weighted by atomic mass is 35.5. The summed E-state index contributed by atoms with van der Waals surface area (Å²) in [7, 11) is 0. The van der Waals surface area contributed by atoms with Crippen LogP contribution in [0.25, 0.3) is 11.0 Å². The Morgan fingerprint density at radius 3 is 2.54 bits per heavy atom. The first-order chi connectivity index (χ1) is 11.6. The number of nitrogens with zero attached hydrogens (tertiary/aromatic N) is 2. The van der Waals surface area contributed by atoms with Crippen LogP contribution >= 0.6 is 11.6 Å². The molecule has 0 aliphatic carbocycles. The van der Waals surface area contributed by atoms with Crippen molar-refractivity contribution in [2.75, 3.05) is 26.3 Å². The first kappa shape index (κ1) is 16.1. The van der Waals surface area contributed by atoms with Crippen LogP contribution in [-0.4, -0.2) is 46.8 Å². The first-order valence-corrected chi connectivity index (χ1v) is 8.92. The number of hydrogen-bond acceptors (Lipinski definition) is 3. The smallest absolute Gasteiger partial charge is 0.326 e. The molecule has 2 aliphatic heterocycles. The summed E-state index contributed by atoms with van der Waals surface area (Å²) in [5.41, 5.74) is 0.557. The molecule has 1 aromatic heterocycles. The first-order valence-electron chi connectivity index (χ1n) is 8.54. The lowest BCUT2D eigenvalue weighted by Crippen LogP contribution is -2.45. The van der Waals surface area contributed by atoms with Gasteiger partial charge in [-0.2, -0.15) is 0 Å². The van der Waals surface area contributed by atoms with Gasteiger partial charge in [0.2, 0.25) is 0 Å². The molecule has 7 heteroatoms. The van der Waals surface area contributed by atoms with Crippen molar-refractivity contribution in [2.45, 2.75) is 37.8 Å². The molecule has 2 aromatic rings. The van der Waals surface area contributed by atoms with Crippen LogP contribution in [0.4, 0.5) is 4.39 Å². The van der Waals surface area contributed by atoms with E-state index in [2.05, 4.69) is 9.88 Å². The van der Waals surface area contributed by atoms with Crippen molar-refractivity contribution in [3.8, 4) is 0 Å². The number of aromatic amines is 1. The summed E-state index contributed by atoms with van der Waals surface area (Å²) in [5, 5.41) is 0.294. The summed E-state index contributed by atoms with van der Waals surface area (Å²) >= 11 is 5.89. The zero-order valence-corrected chi connectivity index (χ0v) is 14.2. The molecule has 0 bridgehead atoms. The minimum Gasteiger partial charge on any atom is -0.381 e. The van der Waals surface area contributed by atoms with Crippen LogP contribution in [0.3, 0.4) is 0 Å². The van der Waals surface area contributed by atoms with Crippen molar-refractivity contribution >= 4 is 22.6 Å². The molecule has 0 radical (unpaired) electrons. The largest absolute Gasteiger partial charge is 0.381 e. The fourth-order valence-corrected chi connectivity index (χ4v) is 4.30. The predicted octanol–water partition coefficient (Wildman–Crippen LogP) is 2.94. The number of aromatic nitrogens is 2. The monoisotopic (exact) mass is 353 g/mol. The van der Waals surface area contributed by atoms with Crippen LogP contribution in [0.1, 0.15) is 31.7 Å². The van der Waals surface area contributed by atoms with E-state index in [9.17, 15) is 9.18 Å². The Kier molecular flexibility index (Phi) is 4.37. The van der Waals surface area contributed by atoms with Crippen LogP contribution < -0.4 is 5.69 Å². The molecule has 0 spiro atoms. The van der Waals surface area contributed by atoms with E-state index in [1.807, 2.05) is 0 Å². The third kappa shape index (κ3) is 2.87. The van der Waals surface area contributed by atoms with Crippen LogP contribution in [-0.2, 0) is 4.74 Å². The van der Waals surface area contributed by atoms with Gasteiger partial charge < -0.3 is 14.6 Å². The van der Waals surface area contributed by atoms with Gasteiger partial charge >= 0.3 is 5.69 Å². The Morgan fingerprint density at radius 2 is 1.83 bits per heavy atom. The Morgan fingerprint density at radius 1 is 1.12 bits per heavy atom. The number of halogens is 2. The molecule has 2 saturated heterocycles. The van der Waals surface area contributed by atoms with E-state index in [4.69, 9.17) is 16.3 Å². The molecule has 1 aromatic carbocycles. The molecule has 0 amide bonds. The fraction of sp³-hybridized carbons (Fsp3) is 0.588. The second-order valence-electron chi connectivity index (χ2n) is 6.69. The van der Waals surface area contributed by atoms with Gasteiger partial charge in [0.25, 0.3) is 0 Å². The van der Waals surface area contributed by atoms with Gasteiger partial charge in [0.15, 0.2) is 5.82 Å². The molecular formula is C17H21ClFN3O2. The number of nitrogens with one attached hydrogen (secondary N) is 1. The zero-order chi connectivity index (χ0) is 16.7. The second-order valence-corrected chi connectivity index (χ2v) is 7.13. The highest BCUT2D eigenvalue weighted by molar-refractivity contribution is 6.31. The van der Waals surface area contributed by atoms with E-state index in [1.54, 1.807) is 10.6 Å². The van der Waals surface area contributed by atoms with E-state index >= 15 is 0 Å². The summed E-state index contributed by atoms with van der Waals surface area (Å²) in [4.78, 5) is 17.6. The standard InChI is InChI=1S/C17H21ClFN3O2/c18-11-9-14(19)16-15(10-11)20-17(23)22(16)13-1-5-21(6-2-13)12-3-7-24-8-4-12/h9-10,12-13H,1-8H2,(H,20,23). The SMILES string of the molecule is O=c1[nH]c2cc(Cl)cc(F)c2n1C1CCN(C2CCOCC2)CC1. The van der Waals surface area contributed by atoms with Crippen molar-refractivity contribution in [2.24, 2.45) is 0 Å². The molecule has 130 valence electrons. The van der Waals surface area contributed by atoms with Crippen molar-refractivity contribution in [3.05, 3.63) is 33.5 Å². The van der Waals surface area contributed by atoms with Crippen molar-refractivity contribution in [3.63, 3.8) is 0 Å². The van der Waals surface area contributed by atoms with Crippen molar-refractivity contribution in [1.82, 2.24) is 14.5 Å². The van der Waals surface area contributed by atoms with E-state index in [0.29, 0.717) is 22.1 Å². The highest BCUT2D eigenvalue weighted by Crippen LogP contribution is 2.29.